The molecule has 1 unspecified atom stereocenters. The van der Waals surface area contributed by atoms with Crippen molar-refractivity contribution in [3.05, 3.63) is 84.4 Å². The highest BCUT2D eigenvalue weighted by Gasteiger charge is 1.92. The SMILES string of the molecule is C.C.C=CC(C)Cl.OC(=S)c1ccccc1.OC(=S)c1ccccc1. The largest absolute Gasteiger partial charge is 0.499 e. The molecule has 0 fully saturated rings. The van der Waals surface area contributed by atoms with Gasteiger partial charge in [0.25, 0.3) is 0 Å². The molecule has 5 heteroatoms. The summed E-state index contributed by atoms with van der Waals surface area (Å²) in [6, 6.07) is 18.1. The van der Waals surface area contributed by atoms with Crippen LogP contribution in [0.25, 0.3) is 0 Å². The van der Waals surface area contributed by atoms with Gasteiger partial charge in [-0.1, -0.05) is 81.6 Å². The molecule has 1 atom stereocenters. The van der Waals surface area contributed by atoms with Crippen molar-refractivity contribution >= 4 is 46.1 Å². The molecule has 0 heterocycles. The Labute approximate surface area is 167 Å². The fraction of sp³-hybridized carbons (Fsp3) is 0.200. The smallest absolute Gasteiger partial charge is 0.188 e. The minimum Gasteiger partial charge on any atom is -0.499 e. The van der Waals surface area contributed by atoms with E-state index in [1.807, 2.05) is 43.3 Å². The summed E-state index contributed by atoms with van der Waals surface area (Å²) in [5.74, 6) is 0. The molecule has 2 aromatic carbocycles. The highest BCUT2D eigenvalue weighted by atomic mass is 35.5. The second kappa shape index (κ2) is 17.1. The van der Waals surface area contributed by atoms with Gasteiger partial charge in [0.2, 0.25) is 0 Å². The maximum absolute atomic E-state index is 8.76. The van der Waals surface area contributed by atoms with E-state index < -0.39 is 0 Å². The quantitative estimate of drug-likeness (QED) is 0.334. The van der Waals surface area contributed by atoms with Gasteiger partial charge < -0.3 is 10.2 Å². The molecule has 2 aromatic rings. The number of aliphatic hydroxyl groups excluding tert-OH is 2. The van der Waals surface area contributed by atoms with Gasteiger partial charge in [-0.2, -0.15) is 0 Å². The number of benzene rings is 2. The van der Waals surface area contributed by atoms with Gasteiger partial charge in [-0.3, -0.25) is 0 Å². The predicted molar refractivity (Wildman–Crippen MR) is 121 cm³/mol. The van der Waals surface area contributed by atoms with E-state index in [2.05, 4.69) is 31.0 Å². The molecule has 138 valence electrons. The fourth-order valence-electron chi connectivity index (χ4n) is 1.16. The zero-order valence-electron chi connectivity index (χ0n) is 12.7. The third kappa shape index (κ3) is 15.5. The highest BCUT2D eigenvalue weighted by molar-refractivity contribution is 7.80. The molecule has 0 aliphatic rings. The second-order valence-electron chi connectivity index (χ2n) is 4.26. The van der Waals surface area contributed by atoms with Crippen molar-refractivity contribution in [3.63, 3.8) is 0 Å². The maximum Gasteiger partial charge on any atom is 0.188 e. The molecule has 0 radical (unpaired) electrons. The van der Waals surface area contributed by atoms with Crippen LogP contribution >= 0.6 is 36.0 Å². The molecular formula is C20H27ClO2S2. The summed E-state index contributed by atoms with van der Waals surface area (Å²) in [6.45, 7) is 5.30. The van der Waals surface area contributed by atoms with Crippen LogP contribution in [-0.4, -0.2) is 25.7 Å². The highest BCUT2D eigenvalue weighted by Crippen LogP contribution is 1.98. The Bertz CT molecular complexity index is 550. The molecule has 2 N–H and O–H groups in total. The van der Waals surface area contributed by atoms with Gasteiger partial charge in [0.1, 0.15) is 0 Å². The van der Waals surface area contributed by atoms with Crippen molar-refractivity contribution in [2.45, 2.75) is 27.2 Å². The lowest BCUT2D eigenvalue weighted by Gasteiger charge is -1.91. The number of thiocarbonyl (C=S) groups is 2. The number of aliphatic hydroxyl groups is 2. The van der Waals surface area contributed by atoms with Crippen LogP contribution in [-0.2, 0) is 0 Å². The van der Waals surface area contributed by atoms with Gasteiger partial charge in [0, 0.05) is 16.5 Å². The van der Waals surface area contributed by atoms with Crippen LogP contribution in [0.1, 0.15) is 32.9 Å². The third-order valence-electron chi connectivity index (χ3n) is 2.37. The third-order valence-corrected chi connectivity index (χ3v) is 3.02. The Morgan fingerprint density at radius 2 is 1.12 bits per heavy atom. The van der Waals surface area contributed by atoms with Gasteiger partial charge in [0.15, 0.2) is 10.1 Å². The molecule has 2 rings (SSSR count). The van der Waals surface area contributed by atoms with Crippen molar-refractivity contribution in [2.75, 3.05) is 0 Å². The Kier molecular flexibility index (Phi) is 19.2. The molecule has 0 aliphatic carbocycles. The summed E-state index contributed by atoms with van der Waals surface area (Å²) in [5.41, 5.74) is 1.40. The average molecular weight is 399 g/mol. The molecule has 0 aromatic heterocycles. The minimum atomic E-state index is -0.0457. The standard InChI is InChI=1S/2C7H6OS.C4H7Cl.2CH4/c2*8-7(9)6-4-2-1-3-5-6;1-3-4(2)5;;/h2*1-5H,(H,8,9);3-4H,1H2,2H3;2*1H4. The monoisotopic (exact) mass is 398 g/mol. The summed E-state index contributed by atoms with van der Waals surface area (Å²) in [5, 5.41) is 17.5. The van der Waals surface area contributed by atoms with Crippen molar-refractivity contribution in [1.29, 1.82) is 0 Å². The predicted octanol–water partition coefficient (Wildman–Crippen LogP) is 6.91. The number of halogens is 1. The van der Waals surface area contributed by atoms with E-state index in [9.17, 15) is 0 Å². The Balaban J connectivity index is -0.000000291. The Morgan fingerprint density at radius 3 is 1.24 bits per heavy atom. The van der Waals surface area contributed by atoms with Gasteiger partial charge >= 0.3 is 0 Å². The van der Waals surface area contributed by atoms with Crippen LogP contribution < -0.4 is 0 Å². The topological polar surface area (TPSA) is 40.5 Å². The van der Waals surface area contributed by atoms with Gasteiger partial charge in [0.05, 0.1) is 0 Å². The van der Waals surface area contributed by atoms with Crippen LogP contribution in [0.2, 0.25) is 0 Å². The summed E-state index contributed by atoms with van der Waals surface area (Å²) < 4.78 is 0. The van der Waals surface area contributed by atoms with Gasteiger partial charge in [-0.15, -0.1) is 18.2 Å². The zero-order valence-corrected chi connectivity index (χ0v) is 15.1. The Hall–Kier alpha value is -1.75. The van der Waals surface area contributed by atoms with E-state index in [1.165, 1.54) is 0 Å². The van der Waals surface area contributed by atoms with Crippen LogP contribution in [0.4, 0.5) is 0 Å². The van der Waals surface area contributed by atoms with E-state index in [0.717, 1.165) is 0 Å². The summed E-state index contributed by atoms with van der Waals surface area (Å²) in [4.78, 5) is 0. The first-order valence-electron chi connectivity index (χ1n) is 6.71. The van der Waals surface area contributed by atoms with Crippen LogP contribution in [0, 0.1) is 0 Å². The summed E-state index contributed by atoms with van der Waals surface area (Å²) in [6.07, 6.45) is 1.68. The normalized spacial score (nSPS) is 9.20. The first-order valence-corrected chi connectivity index (χ1v) is 7.97. The first-order chi connectivity index (χ1) is 10.9. The summed E-state index contributed by atoms with van der Waals surface area (Å²) in [7, 11) is 0. The lowest BCUT2D eigenvalue weighted by Crippen LogP contribution is -1.91. The van der Waals surface area contributed by atoms with E-state index in [1.54, 1.807) is 30.3 Å². The minimum absolute atomic E-state index is 0. The molecule has 0 amide bonds. The molecular weight excluding hydrogens is 372 g/mol. The van der Waals surface area contributed by atoms with Crippen molar-refractivity contribution < 1.29 is 10.2 Å². The summed E-state index contributed by atoms with van der Waals surface area (Å²) >= 11 is 14.4. The fourth-order valence-corrected chi connectivity index (χ4v) is 1.43. The van der Waals surface area contributed by atoms with Crippen molar-refractivity contribution in [2.24, 2.45) is 0 Å². The maximum atomic E-state index is 8.76. The lowest BCUT2D eigenvalue weighted by atomic mass is 10.2. The molecule has 0 spiro atoms. The number of hydrogen-bond acceptors (Lipinski definition) is 2. The number of allylic oxidation sites excluding steroid dienone is 1. The van der Waals surface area contributed by atoms with Gasteiger partial charge in [-0.25, -0.2) is 0 Å². The second-order valence-corrected chi connectivity index (χ2v) is 5.72. The molecule has 0 saturated heterocycles. The van der Waals surface area contributed by atoms with E-state index >= 15 is 0 Å². The molecule has 2 nitrogen and oxygen atoms in total. The molecule has 0 aliphatic heterocycles. The van der Waals surface area contributed by atoms with Gasteiger partial charge in [-0.05, 0) is 31.4 Å². The molecule has 25 heavy (non-hydrogen) atoms. The number of alkyl halides is 1. The van der Waals surface area contributed by atoms with Crippen LogP contribution in [0.3, 0.4) is 0 Å². The Morgan fingerprint density at radius 1 is 0.880 bits per heavy atom. The first kappa shape index (κ1) is 28.1. The lowest BCUT2D eigenvalue weighted by molar-refractivity contribution is 0.570. The van der Waals surface area contributed by atoms with Crippen LogP contribution in [0.5, 0.6) is 0 Å². The van der Waals surface area contributed by atoms with E-state index in [-0.39, 0.29) is 30.3 Å². The van der Waals surface area contributed by atoms with Crippen molar-refractivity contribution in [3.8, 4) is 0 Å². The van der Waals surface area contributed by atoms with E-state index in [4.69, 9.17) is 21.8 Å². The van der Waals surface area contributed by atoms with Crippen LogP contribution in [0.15, 0.2) is 73.3 Å². The molecule has 0 saturated carbocycles. The zero-order chi connectivity index (χ0) is 17.7. The number of hydrogen-bond donors (Lipinski definition) is 2. The number of rotatable bonds is 3. The van der Waals surface area contributed by atoms with E-state index in [0.29, 0.717) is 11.1 Å². The average Bonchev–Trinajstić information content (AvgIpc) is 2.57. The molecule has 0 bridgehead atoms. The van der Waals surface area contributed by atoms with Crippen molar-refractivity contribution in [1.82, 2.24) is 0 Å².